The summed E-state index contributed by atoms with van der Waals surface area (Å²) in [4.78, 5) is 0. The fourth-order valence-corrected chi connectivity index (χ4v) is 5.96. The van der Waals surface area contributed by atoms with Gasteiger partial charge in [-0.2, -0.15) is 0 Å². The predicted molar refractivity (Wildman–Crippen MR) is 186 cm³/mol. The van der Waals surface area contributed by atoms with E-state index in [-0.39, 0.29) is 0 Å². The molecule has 0 spiro atoms. The first-order chi connectivity index (χ1) is 19.0. The highest BCUT2D eigenvalue weighted by Crippen LogP contribution is 2.23. The zero-order chi connectivity index (χ0) is 30.2. The first-order valence-corrected chi connectivity index (χ1v) is 18.0. The molecule has 0 aliphatic rings. The second-order valence-corrected chi connectivity index (χ2v) is 15.0. The van der Waals surface area contributed by atoms with Crippen molar-refractivity contribution in [3.63, 3.8) is 0 Å². The summed E-state index contributed by atoms with van der Waals surface area (Å²) in [6.45, 7) is 23.8. The summed E-state index contributed by atoms with van der Waals surface area (Å²) in [6, 6.07) is 0. The molecule has 4 atom stereocenters. The van der Waals surface area contributed by atoms with Gasteiger partial charge in [0.05, 0.1) is 0 Å². The second-order valence-electron chi connectivity index (χ2n) is 15.0. The van der Waals surface area contributed by atoms with Gasteiger partial charge in [0.15, 0.2) is 0 Å². The van der Waals surface area contributed by atoms with Crippen LogP contribution in [0.3, 0.4) is 0 Å². The Balaban J connectivity index is 3.91. The SMILES string of the molecule is CC(/C=C/C[C@@H](C)CCC[C@@H](C)CCCC(C)C)=C\CC/C=C(\C)CCC[C@H](C)CCC[C@H](C)CCCC(C)C. The summed E-state index contributed by atoms with van der Waals surface area (Å²) in [5.41, 5.74) is 3.02. The van der Waals surface area contributed by atoms with Crippen molar-refractivity contribution in [3.05, 3.63) is 35.5 Å². The third kappa shape index (κ3) is 27.4. The Labute approximate surface area is 255 Å². The number of hydrogen-bond donors (Lipinski definition) is 0. The quantitative estimate of drug-likeness (QED) is 0.0564. The van der Waals surface area contributed by atoms with Crippen molar-refractivity contribution < 1.29 is 0 Å². The Kier molecular flexibility index (Phi) is 25.4. The maximum Gasteiger partial charge on any atom is -0.0310 e. The predicted octanol–water partition coefficient (Wildman–Crippen LogP) is 14.3. The van der Waals surface area contributed by atoms with E-state index in [1.54, 1.807) is 5.57 Å². The van der Waals surface area contributed by atoms with Crippen molar-refractivity contribution in [1.82, 2.24) is 0 Å². The molecule has 236 valence electrons. The monoisotopic (exact) mass is 557 g/mol. The summed E-state index contributed by atoms with van der Waals surface area (Å²) < 4.78 is 0. The van der Waals surface area contributed by atoms with E-state index in [0.717, 1.165) is 35.5 Å². The van der Waals surface area contributed by atoms with Gasteiger partial charge in [0, 0.05) is 0 Å². The maximum atomic E-state index is 2.49. The van der Waals surface area contributed by atoms with E-state index in [0.29, 0.717) is 0 Å². The standard InChI is InChI=1S/C40H76/c1-33(2)19-13-23-37(7)27-17-31-39(9)29-15-25-35(5)21-11-12-22-36(6)26-16-30-40(10)32-18-28-38(8)24-14-20-34(3)4/h15,21-22,25,33-34,37-40H,11-14,16-20,23-24,26-32H2,1-10H3/b25-15+,35-21+,36-22+/t37-,38+,39+,40-/m0/s1. The van der Waals surface area contributed by atoms with E-state index in [1.165, 1.54) is 121 Å². The molecule has 0 heterocycles. The Morgan fingerprint density at radius 2 is 0.875 bits per heavy atom. The van der Waals surface area contributed by atoms with Gasteiger partial charge in [-0.25, -0.2) is 0 Å². The fraction of sp³-hybridized carbons (Fsp3) is 0.850. The molecule has 0 fully saturated rings. The molecule has 0 saturated heterocycles. The topological polar surface area (TPSA) is 0 Å². The molecular weight excluding hydrogens is 480 g/mol. The number of allylic oxidation sites excluding steroid dienone is 6. The number of hydrogen-bond acceptors (Lipinski definition) is 0. The largest absolute Gasteiger partial charge is 0.0853 e. The van der Waals surface area contributed by atoms with Crippen LogP contribution < -0.4 is 0 Å². The van der Waals surface area contributed by atoms with Crippen LogP contribution in [0, 0.1) is 35.5 Å². The van der Waals surface area contributed by atoms with E-state index < -0.39 is 0 Å². The number of unbranched alkanes of at least 4 members (excludes halogenated alkanes) is 1. The summed E-state index contributed by atoms with van der Waals surface area (Å²) in [5.74, 6) is 5.24. The van der Waals surface area contributed by atoms with E-state index in [9.17, 15) is 0 Å². The minimum absolute atomic E-state index is 0.809. The van der Waals surface area contributed by atoms with E-state index in [1.807, 2.05) is 0 Å². The minimum atomic E-state index is 0.809. The molecule has 0 aliphatic heterocycles. The van der Waals surface area contributed by atoms with Gasteiger partial charge in [0.2, 0.25) is 0 Å². The van der Waals surface area contributed by atoms with Crippen LogP contribution in [0.1, 0.15) is 185 Å². The van der Waals surface area contributed by atoms with Crippen LogP contribution in [0.4, 0.5) is 0 Å². The molecular formula is C40H76. The lowest BCUT2D eigenvalue weighted by Crippen LogP contribution is -2.00. The van der Waals surface area contributed by atoms with Gasteiger partial charge >= 0.3 is 0 Å². The lowest BCUT2D eigenvalue weighted by molar-refractivity contribution is 0.389. The maximum absolute atomic E-state index is 2.49. The lowest BCUT2D eigenvalue weighted by atomic mass is 9.91. The van der Waals surface area contributed by atoms with Crippen molar-refractivity contribution >= 4 is 0 Å². The van der Waals surface area contributed by atoms with Gasteiger partial charge in [-0.15, -0.1) is 0 Å². The highest BCUT2D eigenvalue weighted by molar-refractivity contribution is 5.16. The molecule has 0 bridgehead atoms. The highest BCUT2D eigenvalue weighted by Gasteiger charge is 2.07. The van der Waals surface area contributed by atoms with Crippen molar-refractivity contribution in [3.8, 4) is 0 Å². The summed E-state index contributed by atoms with van der Waals surface area (Å²) in [5, 5.41) is 0. The number of rotatable bonds is 26. The normalized spacial score (nSPS) is 16.3. The molecule has 40 heavy (non-hydrogen) atoms. The van der Waals surface area contributed by atoms with E-state index in [4.69, 9.17) is 0 Å². The molecule has 0 amide bonds. The molecule has 0 aromatic rings. The second kappa shape index (κ2) is 25.9. The third-order valence-corrected chi connectivity index (χ3v) is 9.06. The van der Waals surface area contributed by atoms with Crippen molar-refractivity contribution in [2.45, 2.75) is 185 Å². The zero-order valence-corrected chi connectivity index (χ0v) is 29.5. The Hall–Kier alpha value is -0.780. The molecule has 0 N–H and O–H groups in total. The smallest absolute Gasteiger partial charge is 0.0310 e. The minimum Gasteiger partial charge on any atom is -0.0853 e. The molecule has 0 heteroatoms. The summed E-state index contributed by atoms with van der Waals surface area (Å²) in [6.07, 6.45) is 34.3. The third-order valence-electron chi connectivity index (χ3n) is 9.06. The first kappa shape index (κ1) is 39.2. The van der Waals surface area contributed by atoms with Crippen molar-refractivity contribution in [1.29, 1.82) is 0 Å². The molecule has 0 aromatic carbocycles. The van der Waals surface area contributed by atoms with Crippen LogP contribution in [0.2, 0.25) is 0 Å². The van der Waals surface area contributed by atoms with Gasteiger partial charge in [0.25, 0.3) is 0 Å². The highest BCUT2D eigenvalue weighted by atomic mass is 14.1. The summed E-state index contributed by atoms with van der Waals surface area (Å²) >= 11 is 0. The van der Waals surface area contributed by atoms with Gasteiger partial charge in [-0.3, -0.25) is 0 Å². The molecule has 0 aliphatic carbocycles. The van der Waals surface area contributed by atoms with Crippen molar-refractivity contribution in [2.24, 2.45) is 35.5 Å². The fourth-order valence-electron chi connectivity index (χ4n) is 5.96. The van der Waals surface area contributed by atoms with Crippen LogP contribution in [0.5, 0.6) is 0 Å². The van der Waals surface area contributed by atoms with Gasteiger partial charge < -0.3 is 0 Å². The molecule has 0 unspecified atom stereocenters. The van der Waals surface area contributed by atoms with E-state index in [2.05, 4.69) is 93.5 Å². The van der Waals surface area contributed by atoms with Crippen LogP contribution in [0.15, 0.2) is 35.5 Å². The Morgan fingerprint density at radius 1 is 0.475 bits per heavy atom. The van der Waals surface area contributed by atoms with E-state index >= 15 is 0 Å². The molecule has 0 nitrogen and oxygen atoms in total. The van der Waals surface area contributed by atoms with Gasteiger partial charge in [-0.1, -0.05) is 174 Å². The Bertz CT molecular complexity index is 645. The molecule has 0 radical (unpaired) electrons. The molecule has 0 aromatic heterocycles. The first-order valence-electron chi connectivity index (χ1n) is 18.0. The van der Waals surface area contributed by atoms with Gasteiger partial charge in [-0.05, 0) is 81.5 Å². The average Bonchev–Trinajstić information content (AvgIpc) is 2.86. The van der Waals surface area contributed by atoms with Crippen LogP contribution in [0.25, 0.3) is 0 Å². The van der Waals surface area contributed by atoms with Crippen LogP contribution >= 0.6 is 0 Å². The van der Waals surface area contributed by atoms with Crippen LogP contribution in [-0.4, -0.2) is 0 Å². The Morgan fingerprint density at radius 3 is 1.35 bits per heavy atom. The zero-order valence-electron chi connectivity index (χ0n) is 29.5. The molecule has 0 rings (SSSR count). The van der Waals surface area contributed by atoms with Gasteiger partial charge in [0.1, 0.15) is 0 Å². The lowest BCUT2D eigenvalue weighted by Gasteiger charge is -2.15. The van der Waals surface area contributed by atoms with Crippen LogP contribution in [-0.2, 0) is 0 Å². The average molecular weight is 557 g/mol. The molecule has 0 saturated carbocycles. The summed E-state index contributed by atoms with van der Waals surface area (Å²) in [7, 11) is 0. The van der Waals surface area contributed by atoms with Crippen molar-refractivity contribution in [2.75, 3.05) is 0 Å².